The molecule has 140 valence electrons. The van der Waals surface area contributed by atoms with Gasteiger partial charge in [-0.15, -0.1) is 0 Å². The molecule has 3 atom stereocenters. The van der Waals surface area contributed by atoms with Gasteiger partial charge < -0.3 is 15.4 Å². The van der Waals surface area contributed by atoms with E-state index in [4.69, 9.17) is 4.74 Å². The predicted molar refractivity (Wildman–Crippen MR) is 91.8 cm³/mol. The van der Waals surface area contributed by atoms with Gasteiger partial charge in [0.05, 0.1) is 18.2 Å². The number of aryl methyl sites for hydroxylation is 1. The first kappa shape index (κ1) is 18.3. The van der Waals surface area contributed by atoms with E-state index in [1.54, 1.807) is 17.8 Å². The molecule has 1 unspecified atom stereocenters. The summed E-state index contributed by atoms with van der Waals surface area (Å²) in [5.74, 6) is -1.69. The Morgan fingerprint density at radius 1 is 1.46 bits per heavy atom. The molecule has 8 heteroatoms. The fraction of sp³-hybridized carbons (Fsp3) is 0.444. The Morgan fingerprint density at radius 3 is 2.96 bits per heavy atom. The van der Waals surface area contributed by atoms with E-state index in [1.165, 1.54) is 6.07 Å². The number of ether oxygens (including phenoxy) is 1. The normalized spacial score (nSPS) is 20.8. The molecule has 1 aliphatic heterocycles. The summed E-state index contributed by atoms with van der Waals surface area (Å²) in [4.78, 5) is 12.6. The van der Waals surface area contributed by atoms with Gasteiger partial charge in [0.25, 0.3) is 0 Å². The fourth-order valence-corrected chi connectivity index (χ4v) is 3.13. The molecule has 1 fully saturated rings. The van der Waals surface area contributed by atoms with Crippen LogP contribution in [0.2, 0.25) is 0 Å². The zero-order chi connectivity index (χ0) is 18.7. The van der Waals surface area contributed by atoms with Crippen LogP contribution >= 0.6 is 0 Å². The molecule has 2 N–H and O–H groups in total. The van der Waals surface area contributed by atoms with Crippen LogP contribution in [0.25, 0.3) is 0 Å². The minimum Gasteiger partial charge on any atom is -0.488 e. The highest BCUT2D eigenvalue weighted by molar-refractivity contribution is 5.80. The second-order valence-corrected chi connectivity index (χ2v) is 6.61. The third kappa shape index (κ3) is 4.19. The molecule has 1 aromatic carbocycles. The number of amides is 1. The molecule has 0 bridgehead atoms. The van der Waals surface area contributed by atoms with Crippen LogP contribution in [0.5, 0.6) is 5.75 Å². The number of benzene rings is 1. The van der Waals surface area contributed by atoms with Crippen molar-refractivity contribution in [2.24, 2.45) is 13.0 Å². The largest absolute Gasteiger partial charge is 0.488 e. The Hall–Kier alpha value is -2.48. The summed E-state index contributed by atoms with van der Waals surface area (Å²) >= 11 is 0. The molecule has 0 radical (unpaired) electrons. The summed E-state index contributed by atoms with van der Waals surface area (Å²) in [6.07, 6.45) is 3.70. The third-order valence-corrected chi connectivity index (χ3v) is 4.48. The van der Waals surface area contributed by atoms with E-state index in [0.717, 1.165) is 24.2 Å². The minimum absolute atomic E-state index is 0.0386. The van der Waals surface area contributed by atoms with E-state index in [1.807, 2.05) is 13.2 Å². The summed E-state index contributed by atoms with van der Waals surface area (Å²) in [5.41, 5.74) is 1.02. The average molecular weight is 364 g/mol. The number of halogens is 2. The summed E-state index contributed by atoms with van der Waals surface area (Å²) in [6, 6.07) is 2.81. The smallest absolute Gasteiger partial charge is 0.225 e. The molecule has 2 aromatic rings. The average Bonchev–Trinajstić information content (AvgIpc) is 3.22. The molecular formula is C18H22F2N4O2. The van der Waals surface area contributed by atoms with Crippen LogP contribution in [0.4, 0.5) is 8.78 Å². The molecule has 0 aliphatic carbocycles. The zero-order valence-corrected chi connectivity index (χ0v) is 14.7. The topological polar surface area (TPSA) is 68.2 Å². The van der Waals surface area contributed by atoms with Crippen molar-refractivity contribution < 1.29 is 18.3 Å². The van der Waals surface area contributed by atoms with Crippen LogP contribution in [-0.2, 0) is 11.8 Å². The number of carbonyl (C=O) groups excluding carboxylic acids is 1. The Morgan fingerprint density at radius 2 is 2.27 bits per heavy atom. The van der Waals surface area contributed by atoms with Gasteiger partial charge >= 0.3 is 0 Å². The molecule has 2 heterocycles. The van der Waals surface area contributed by atoms with Crippen molar-refractivity contribution in [3.8, 4) is 5.75 Å². The third-order valence-electron chi connectivity index (χ3n) is 4.48. The van der Waals surface area contributed by atoms with E-state index >= 15 is 0 Å². The lowest BCUT2D eigenvalue weighted by Crippen LogP contribution is -2.42. The fourth-order valence-electron chi connectivity index (χ4n) is 3.13. The Bertz CT molecular complexity index is 780. The first-order valence-corrected chi connectivity index (χ1v) is 8.51. The Labute approximate surface area is 150 Å². The maximum atomic E-state index is 13.6. The van der Waals surface area contributed by atoms with E-state index in [9.17, 15) is 13.6 Å². The maximum Gasteiger partial charge on any atom is 0.225 e. The lowest BCUT2D eigenvalue weighted by molar-refractivity contribution is -0.125. The molecule has 1 amide bonds. The van der Waals surface area contributed by atoms with Crippen LogP contribution in [0.15, 0.2) is 30.6 Å². The first-order valence-electron chi connectivity index (χ1n) is 8.51. The van der Waals surface area contributed by atoms with Crippen LogP contribution in [-0.4, -0.2) is 41.4 Å². The van der Waals surface area contributed by atoms with Gasteiger partial charge in [-0.3, -0.25) is 9.48 Å². The van der Waals surface area contributed by atoms with E-state index in [0.29, 0.717) is 6.54 Å². The lowest BCUT2D eigenvalue weighted by atomic mass is 9.90. The van der Waals surface area contributed by atoms with Crippen molar-refractivity contribution in [1.82, 2.24) is 20.4 Å². The summed E-state index contributed by atoms with van der Waals surface area (Å²) < 4.78 is 33.6. The highest BCUT2D eigenvalue weighted by Crippen LogP contribution is 2.28. The minimum atomic E-state index is -0.764. The van der Waals surface area contributed by atoms with Crippen molar-refractivity contribution in [2.45, 2.75) is 18.9 Å². The van der Waals surface area contributed by atoms with Crippen LogP contribution in [0.3, 0.4) is 0 Å². The number of nitrogens with zero attached hydrogens (tertiary/aromatic N) is 2. The van der Waals surface area contributed by atoms with Crippen molar-refractivity contribution >= 4 is 5.91 Å². The molecule has 1 saturated heterocycles. The maximum absolute atomic E-state index is 13.6. The summed E-state index contributed by atoms with van der Waals surface area (Å²) in [7, 11) is 1.84. The number of aromatic nitrogens is 2. The van der Waals surface area contributed by atoms with Gasteiger partial charge in [0.2, 0.25) is 5.91 Å². The molecular weight excluding hydrogens is 342 g/mol. The Balaban J connectivity index is 1.55. The van der Waals surface area contributed by atoms with Crippen LogP contribution in [0.1, 0.15) is 18.4 Å². The predicted octanol–water partition coefficient (Wildman–Crippen LogP) is 1.58. The highest BCUT2D eigenvalue weighted by Gasteiger charge is 2.35. The van der Waals surface area contributed by atoms with Gasteiger partial charge in [0.1, 0.15) is 12.4 Å². The molecule has 26 heavy (non-hydrogen) atoms. The second-order valence-electron chi connectivity index (χ2n) is 6.61. The highest BCUT2D eigenvalue weighted by atomic mass is 19.1. The van der Waals surface area contributed by atoms with Crippen molar-refractivity contribution in [1.29, 1.82) is 0 Å². The van der Waals surface area contributed by atoms with Crippen molar-refractivity contribution in [3.05, 3.63) is 47.8 Å². The molecule has 3 rings (SSSR count). The van der Waals surface area contributed by atoms with E-state index in [2.05, 4.69) is 15.7 Å². The van der Waals surface area contributed by atoms with Crippen LogP contribution < -0.4 is 15.4 Å². The summed E-state index contributed by atoms with van der Waals surface area (Å²) in [6.45, 7) is 3.17. The lowest BCUT2D eigenvalue weighted by Gasteiger charge is -2.21. The standard InChI is InChI=1S/C18H22F2N4O2/c1-11(10-26-17-4-3-13(19)5-16(17)20)23-18(25)15-8-21-7-14(15)12-6-22-24(2)9-12/h3-6,9,11,14-15,21H,7-8,10H2,1-2H3,(H,23,25)/t11?,14-,15+/m1/s1. The zero-order valence-electron chi connectivity index (χ0n) is 14.7. The Kier molecular flexibility index (Phi) is 5.51. The molecule has 0 spiro atoms. The number of nitrogens with one attached hydrogen (secondary N) is 2. The van der Waals surface area contributed by atoms with Crippen molar-refractivity contribution in [3.63, 3.8) is 0 Å². The van der Waals surface area contributed by atoms with Gasteiger partial charge in [-0.2, -0.15) is 5.10 Å². The van der Waals surface area contributed by atoms with Gasteiger partial charge in [0.15, 0.2) is 11.6 Å². The van der Waals surface area contributed by atoms with Gasteiger partial charge in [-0.25, -0.2) is 8.78 Å². The first-order chi connectivity index (χ1) is 12.4. The SMILES string of the molecule is CC(COc1ccc(F)cc1F)NC(=O)[C@H]1CNC[C@@H]1c1cnn(C)c1. The molecule has 1 aromatic heterocycles. The number of hydrogen-bond acceptors (Lipinski definition) is 4. The monoisotopic (exact) mass is 364 g/mol. The quantitative estimate of drug-likeness (QED) is 0.817. The van der Waals surface area contributed by atoms with Crippen LogP contribution in [0, 0.1) is 17.6 Å². The van der Waals surface area contributed by atoms with Gasteiger partial charge in [-0.1, -0.05) is 0 Å². The van der Waals surface area contributed by atoms with Crippen molar-refractivity contribution in [2.75, 3.05) is 19.7 Å². The number of rotatable bonds is 6. The van der Waals surface area contributed by atoms with E-state index in [-0.39, 0.29) is 36.1 Å². The number of hydrogen-bond donors (Lipinski definition) is 2. The second kappa shape index (κ2) is 7.82. The molecule has 0 saturated carbocycles. The summed E-state index contributed by atoms with van der Waals surface area (Å²) in [5, 5.41) is 10.3. The van der Waals surface area contributed by atoms with Gasteiger partial charge in [-0.05, 0) is 24.6 Å². The number of carbonyl (C=O) groups is 1. The van der Waals surface area contributed by atoms with E-state index < -0.39 is 11.6 Å². The molecule has 1 aliphatic rings. The molecule has 6 nitrogen and oxygen atoms in total. The van der Waals surface area contributed by atoms with Gasteiger partial charge in [0, 0.05) is 38.3 Å².